The highest BCUT2D eigenvalue weighted by atomic mass is 16.3. The molecule has 0 aliphatic carbocycles. The van der Waals surface area contributed by atoms with Gasteiger partial charge in [0.1, 0.15) is 0 Å². The number of benzene rings is 1. The first-order valence-corrected chi connectivity index (χ1v) is 6.92. The van der Waals surface area contributed by atoms with Crippen molar-refractivity contribution in [3.63, 3.8) is 0 Å². The molecule has 1 aromatic carbocycles. The quantitative estimate of drug-likeness (QED) is 0.825. The molecule has 1 rings (SSSR count). The Morgan fingerprint density at radius 1 is 1.16 bits per heavy atom. The third-order valence-corrected chi connectivity index (χ3v) is 3.10. The molecule has 0 aliphatic rings. The normalized spacial score (nSPS) is 13.8. The molecule has 1 unspecified atom stereocenters. The Kier molecular flexibility index (Phi) is 5.98. The summed E-state index contributed by atoms with van der Waals surface area (Å²) in [6.07, 6.45) is -0.316. The number of nitrogens with one attached hydrogen (secondary N) is 1. The molecule has 0 radical (unpaired) electrons. The zero-order chi connectivity index (χ0) is 14.5. The first-order valence-electron chi connectivity index (χ1n) is 6.92. The highest BCUT2D eigenvalue weighted by Gasteiger charge is 2.12. The Balaban J connectivity index is 2.38. The minimum atomic E-state index is -0.316. The van der Waals surface area contributed by atoms with Crippen molar-refractivity contribution in [2.75, 3.05) is 27.2 Å². The number of aliphatic hydroxyl groups excluding tert-OH is 1. The van der Waals surface area contributed by atoms with E-state index in [1.807, 2.05) is 19.0 Å². The summed E-state index contributed by atoms with van der Waals surface area (Å²) in [6, 6.07) is 8.69. The predicted molar refractivity (Wildman–Crippen MR) is 81.4 cm³/mol. The lowest BCUT2D eigenvalue weighted by atomic mass is 9.87. The lowest BCUT2D eigenvalue weighted by Crippen LogP contribution is -2.34. The van der Waals surface area contributed by atoms with Crippen molar-refractivity contribution in [2.24, 2.45) is 0 Å². The van der Waals surface area contributed by atoms with Crippen LogP contribution in [0.25, 0.3) is 0 Å². The maximum atomic E-state index is 9.74. The number of aliphatic hydroxyl groups is 1. The molecule has 0 spiro atoms. The van der Waals surface area contributed by atoms with E-state index in [0.717, 1.165) is 6.54 Å². The summed E-state index contributed by atoms with van der Waals surface area (Å²) >= 11 is 0. The van der Waals surface area contributed by atoms with Gasteiger partial charge in [0, 0.05) is 19.6 Å². The molecule has 2 N–H and O–H groups in total. The molecular formula is C16H28N2O. The molecule has 19 heavy (non-hydrogen) atoms. The Morgan fingerprint density at radius 2 is 1.74 bits per heavy atom. The first kappa shape index (κ1) is 16.2. The van der Waals surface area contributed by atoms with Crippen molar-refractivity contribution in [1.82, 2.24) is 10.2 Å². The van der Waals surface area contributed by atoms with Crippen molar-refractivity contribution in [3.05, 3.63) is 35.4 Å². The Morgan fingerprint density at radius 3 is 2.21 bits per heavy atom. The van der Waals surface area contributed by atoms with Gasteiger partial charge < -0.3 is 15.3 Å². The Hall–Kier alpha value is -0.900. The van der Waals surface area contributed by atoms with Crippen LogP contribution in [-0.2, 0) is 12.0 Å². The van der Waals surface area contributed by atoms with Crippen LogP contribution in [0.3, 0.4) is 0 Å². The van der Waals surface area contributed by atoms with Gasteiger partial charge in [0.05, 0.1) is 6.10 Å². The molecule has 0 amide bonds. The Labute approximate surface area is 117 Å². The molecule has 3 nitrogen and oxygen atoms in total. The van der Waals surface area contributed by atoms with E-state index >= 15 is 0 Å². The summed E-state index contributed by atoms with van der Waals surface area (Å²) in [5.41, 5.74) is 2.81. The van der Waals surface area contributed by atoms with Crippen LogP contribution < -0.4 is 5.32 Å². The summed E-state index contributed by atoms with van der Waals surface area (Å²) < 4.78 is 0. The Bertz CT molecular complexity index is 365. The van der Waals surface area contributed by atoms with E-state index in [2.05, 4.69) is 50.4 Å². The molecule has 3 heteroatoms. The maximum Gasteiger partial charge on any atom is 0.0791 e. The van der Waals surface area contributed by atoms with E-state index in [1.165, 1.54) is 11.1 Å². The number of nitrogens with zero attached hydrogens (tertiary/aromatic N) is 1. The molecule has 0 aromatic heterocycles. The third kappa shape index (κ3) is 6.19. The van der Waals surface area contributed by atoms with Crippen LogP contribution in [0.5, 0.6) is 0 Å². The van der Waals surface area contributed by atoms with Gasteiger partial charge in [-0.15, -0.1) is 0 Å². The second-order valence-corrected chi connectivity index (χ2v) is 6.49. The second-order valence-electron chi connectivity index (χ2n) is 6.49. The largest absolute Gasteiger partial charge is 0.390 e. The van der Waals surface area contributed by atoms with Crippen molar-refractivity contribution >= 4 is 0 Å². The van der Waals surface area contributed by atoms with Crippen LogP contribution in [0, 0.1) is 0 Å². The topological polar surface area (TPSA) is 35.5 Å². The van der Waals surface area contributed by atoms with E-state index in [1.54, 1.807) is 0 Å². The van der Waals surface area contributed by atoms with E-state index in [-0.39, 0.29) is 11.5 Å². The van der Waals surface area contributed by atoms with Crippen LogP contribution in [0.4, 0.5) is 0 Å². The molecule has 0 aliphatic heterocycles. The average molecular weight is 264 g/mol. The van der Waals surface area contributed by atoms with Crippen LogP contribution in [0.15, 0.2) is 24.3 Å². The summed E-state index contributed by atoms with van der Waals surface area (Å²) in [7, 11) is 3.93. The smallest absolute Gasteiger partial charge is 0.0791 e. The molecular weight excluding hydrogens is 236 g/mol. The van der Waals surface area contributed by atoms with Gasteiger partial charge in [-0.1, -0.05) is 45.0 Å². The lowest BCUT2D eigenvalue weighted by molar-refractivity contribution is 0.134. The SMILES string of the molecule is CN(C)CC(O)CNCc1ccc(C(C)(C)C)cc1. The van der Waals surface area contributed by atoms with Gasteiger partial charge in [-0.2, -0.15) is 0 Å². The maximum absolute atomic E-state index is 9.74. The van der Waals surface area contributed by atoms with Crippen molar-refractivity contribution in [2.45, 2.75) is 38.8 Å². The fourth-order valence-corrected chi connectivity index (χ4v) is 1.99. The lowest BCUT2D eigenvalue weighted by Gasteiger charge is -2.19. The minimum Gasteiger partial charge on any atom is -0.390 e. The minimum absolute atomic E-state index is 0.202. The highest BCUT2D eigenvalue weighted by Crippen LogP contribution is 2.22. The van der Waals surface area contributed by atoms with E-state index in [4.69, 9.17) is 0 Å². The van der Waals surface area contributed by atoms with E-state index in [0.29, 0.717) is 13.1 Å². The van der Waals surface area contributed by atoms with Crippen molar-refractivity contribution in [3.8, 4) is 0 Å². The van der Waals surface area contributed by atoms with E-state index < -0.39 is 0 Å². The highest BCUT2D eigenvalue weighted by molar-refractivity contribution is 5.27. The van der Waals surface area contributed by atoms with Crippen LogP contribution in [-0.4, -0.2) is 43.3 Å². The molecule has 1 aromatic rings. The number of hydrogen-bond donors (Lipinski definition) is 2. The number of likely N-dealkylation sites (N-methyl/N-ethyl adjacent to an activating group) is 1. The first-order chi connectivity index (χ1) is 8.79. The zero-order valence-electron chi connectivity index (χ0n) is 12.9. The van der Waals surface area contributed by atoms with Gasteiger partial charge in [-0.05, 0) is 30.6 Å². The molecule has 0 bridgehead atoms. The van der Waals surface area contributed by atoms with Gasteiger partial charge in [0.25, 0.3) is 0 Å². The van der Waals surface area contributed by atoms with Gasteiger partial charge >= 0.3 is 0 Å². The molecule has 108 valence electrons. The van der Waals surface area contributed by atoms with Gasteiger partial charge in [0.15, 0.2) is 0 Å². The van der Waals surface area contributed by atoms with Gasteiger partial charge in [-0.25, -0.2) is 0 Å². The standard InChI is InChI=1S/C16H28N2O/c1-16(2,3)14-8-6-13(7-9-14)10-17-11-15(19)12-18(4)5/h6-9,15,17,19H,10-12H2,1-5H3. The van der Waals surface area contributed by atoms with Gasteiger partial charge in [0.2, 0.25) is 0 Å². The zero-order valence-corrected chi connectivity index (χ0v) is 12.9. The van der Waals surface area contributed by atoms with Crippen LogP contribution >= 0.6 is 0 Å². The second kappa shape index (κ2) is 7.04. The number of rotatable bonds is 6. The molecule has 0 heterocycles. The summed E-state index contributed by atoms with van der Waals surface area (Å²) in [4.78, 5) is 1.99. The van der Waals surface area contributed by atoms with E-state index in [9.17, 15) is 5.11 Å². The molecule has 0 saturated heterocycles. The van der Waals surface area contributed by atoms with Gasteiger partial charge in [-0.3, -0.25) is 0 Å². The van der Waals surface area contributed by atoms with Crippen molar-refractivity contribution in [1.29, 1.82) is 0 Å². The van der Waals surface area contributed by atoms with Crippen molar-refractivity contribution < 1.29 is 5.11 Å². The fourth-order valence-electron chi connectivity index (χ4n) is 1.99. The fraction of sp³-hybridized carbons (Fsp3) is 0.625. The summed E-state index contributed by atoms with van der Waals surface area (Å²) in [5, 5.41) is 13.0. The third-order valence-electron chi connectivity index (χ3n) is 3.10. The number of hydrogen-bond acceptors (Lipinski definition) is 3. The van der Waals surface area contributed by atoms with Crippen LogP contribution in [0.2, 0.25) is 0 Å². The molecule has 1 atom stereocenters. The molecule has 0 saturated carbocycles. The predicted octanol–water partition coefficient (Wildman–Crippen LogP) is 2.00. The summed E-state index contributed by atoms with van der Waals surface area (Å²) in [5.74, 6) is 0. The van der Waals surface area contributed by atoms with Crippen LogP contribution in [0.1, 0.15) is 31.9 Å². The average Bonchev–Trinajstić information content (AvgIpc) is 2.27. The molecule has 0 fully saturated rings. The summed E-state index contributed by atoms with van der Waals surface area (Å²) in [6.45, 7) is 8.78. The monoisotopic (exact) mass is 264 g/mol.